The molecular weight excluding hydrogens is 442 g/mol. The number of nitrogens with zero attached hydrogens (tertiary/aromatic N) is 1. The van der Waals surface area contributed by atoms with Crippen molar-refractivity contribution >= 4 is 59.0 Å². The fourth-order valence-electron chi connectivity index (χ4n) is 1.64. The summed E-state index contributed by atoms with van der Waals surface area (Å²) in [5, 5.41) is 3.00. The zero-order valence-electron chi connectivity index (χ0n) is 11.3. The van der Waals surface area contributed by atoms with Crippen LogP contribution in [0, 0.1) is 6.92 Å². The third kappa shape index (κ3) is 4.04. The molecule has 114 valence electrons. The first-order valence-corrected chi connectivity index (χ1v) is 9.81. The van der Waals surface area contributed by atoms with E-state index < -0.39 is 10.0 Å². The Morgan fingerprint density at radius 3 is 2.67 bits per heavy atom. The van der Waals surface area contributed by atoms with Gasteiger partial charge in [-0.1, -0.05) is 0 Å². The topological polar surface area (TPSA) is 71.1 Å². The molecule has 5 nitrogen and oxygen atoms in total. The number of halogens is 2. The van der Waals surface area contributed by atoms with Crippen molar-refractivity contribution in [2.24, 2.45) is 0 Å². The maximum atomic E-state index is 12.4. The summed E-state index contributed by atoms with van der Waals surface area (Å²) in [4.78, 5) is 5.35. The molecule has 0 aromatic carbocycles. The molecule has 0 radical (unpaired) electrons. The van der Waals surface area contributed by atoms with Crippen LogP contribution in [0.25, 0.3) is 0 Å². The van der Waals surface area contributed by atoms with Gasteiger partial charge in [-0.05, 0) is 64.0 Å². The number of nitrogens with one attached hydrogen (secondary N) is 2. The SMILES string of the molecule is CNCc1cc(S(=O)(=O)Nc2ccc(Br)c(C)n2)c(Br)s1. The first kappa shape index (κ1) is 16.9. The van der Waals surface area contributed by atoms with E-state index in [4.69, 9.17) is 0 Å². The number of anilines is 1. The monoisotopic (exact) mass is 453 g/mol. The summed E-state index contributed by atoms with van der Waals surface area (Å²) in [6.07, 6.45) is 0. The quantitative estimate of drug-likeness (QED) is 0.725. The van der Waals surface area contributed by atoms with E-state index in [0.29, 0.717) is 16.1 Å². The molecule has 0 atom stereocenters. The molecule has 0 unspecified atom stereocenters. The summed E-state index contributed by atoms with van der Waals surface area (Å²) in [6, 6.07) is 5.03. The summed E-state index contributed by atoms with van der Waals surface area (Å²) in [5.74, 6) is 0.295. The Balaban J connectivity index is 2.31. The van der Waals surface area contributed by atoms with E-state index in [1.54, 1.807) is 25.1 Å². The summed E-state index contributed by atoms with van der Waals surface area (Å²) < 4.78 is 28.8. The minimum absolute atomic E-state index is 0.222. The van der Waals surface area contributed by atoms with Crippen LogP contribution in [-0.2, 0) is 16.6 Å². The number of aryl methyl sites for hydroxylation is 1. The molecule has 0 bridgehead atoms. The second-order valence-corrected chi connectivity index (χ2v) is 9.21. The number of aromatic nitrogens is 1. The molecule has 0 saturated carbocycles. The summed E-state index contributed by atoms with van der Waals surface area (Å²) in [5.41, 5.74) is 0.718. The lowest BCUT2D eigenvalue weighted by molar-refractivity contribution is 0.601. The zero-order chi connectivity index (χ0) is 15.6. The number of hydrogen-bond acceptors (Lipinski definition) is 5. The number of rotatable bonds is 5. The van der Waals surface area contributed by atoms with Crippen LogP contribution in [0.2, 0.25) is 0 Å². The Morgan fingerprint density at radius 2 is 2.05 bits per heavy atom. The van der Waals surface area contributed by atoms with Gasteiger partial charge in [-0.2, -0.15) is 0 Å². The maximum Gasteiger partial charge on any atom is 0.265 e. The summed E-state index contributed by atoms with van der Waals surface area (Å²) >= 11 is 8.03. The Kier molecular flexibility index (Phi) is 5.42. The van der Waals surface area contributed by atoms with E-state index in [9.17, 15) is 8.42 Å². The molecule has 0 amide bonds. The first-order chi connectivity index (χ1) is 9.83. The van der Waals surface area contributed by atoms with Crippen molar-refractivity contribution < 1.29 is 8.42 Å². The van der Waals surface area contributed by atoms with Crippen LogP contribution in [0.3, 0.4) is 0 Å². The molecule has 0 aliphatic rings. The average Bonchev–Trinajstić information content (AvgIpc) is 2.76. The minimum Gasteiger partial charge on any atom is -0.315 e. The average molecular weight is 455 g/mol. The van der Waals surface area contributed by atoms with Crippen molar-refractivity contribution in [1.82, 2.24) is 10.3 Å². The molecule has 21 heavy (non-hydrogen) atoms. The van der Waals surface area contributed by atoms with Crippen molar-refractivity contribution in [3.63, 3.8) is 0 Å². The molecule has 0 fully saturated rings. The van der Waals surface area contributed by atoms with Gasteiger partial charge in [0.1, 0.15) is 10.7 Å². The third-order valence-corrected chi connectivity index (χ3v) is 7.05. The Labute approximate surface area is 144 Å². The predicted octanol–water partition coefficient (Wildman–Crippen LogP) is 3.50. The van der Waals surface area contributed by atoms with Gasteiger partial charge in [0.25, 0.3) is 10.0 Å². The van der Waals surface area contributed by atoms with E-state index in [1.165, 1.54) is 11.3 Å². The van der Waals surface area contributed by atoms with E-state index in [0.717, 1.165) is 15.0 Å². The predicted molar refractivity (Wildman–Crippen MR) is 92.3 cm³/mol. The molecule has 2 heterocycles. The minimum atomic E-state index is -3.66. The lowest BCUT2D eigenvalue weighted by Gasteiger charge is -2.07. The summed E-state index contributed by atoms with van der Waals surface area (Å²) in [7, 11) is -1.85. The van der Waals surface area contributed by atoms with Gasteiger partial charge in [-0.3, -0.25) is 4.72 Å². The van der Waals surface area contributed by atoms with Gasteiger partial charge in [0, 0.05) is 15.9 Å². The van der Waals surface area contributed by atoms with Gasteiger partial charge in [0.15, 0.2) is 0 Å². The molecule has 2 N–H and O–H groups in total. The van der Waals surface area contributed by atoms with Gasteiger partial charge >= 0.3 is 0 Å². The number of thiophene rings is 1. The van der Waals surface area contributed by atoms with Crippen LogP contribution in [0.15, 0.2) is 31.4 Å². The summed E-state index contributed by atoms with van der Waals surface area (Å²) in [6.45, 7) is 2.42. The van der Waals surface area contributed by atoms with E-state index in [2.05, 4.69) is 46.9 Å². The Bertz CT molecular complexity index is 760. The van der Waals surface area contributed by atoms with E-state index >= 15 is 0 Å². The Morgan fingerprint density at radius 1 is 1.33 bits per heavy atom. The van der Waals surface area contributed by atoms with Crippen LogP contribution in [-0.4, -0.2) is 20.4 Å². The molecule has 0 aliphatic heterocycles. The van der Waals surface area contributed by atoms with Gasteiger partial charge in [-0.15, -0.1) is 11.3 Å². The Hall–Kier alpha value is -0.480. The van der Waals surface area contributed by atoms with Gasteiger partial charge in [-0.25, -0.2) is 13.4 Å². The number of hydrogen-bond donors (Lipinski definition) is 2. The molecule has 2 rings (SSSR count). The van der Waals surface area contributed by atoms with Gasteiger partial charge < -0.3 is 5.32 Å². The van der Waals surface area contributed by atoms with Crippen molar-refractivity contribution in [3.05, 3.63) is 37.0 Å². The molecule has 0 spiro atoms. The van der Waals surface area contributed by atoms with Crippen molar-refractivity contribution in [2.45, 2.75) is 18.4 Å². The van der Waals surface area contributed by atoms with Gasteiger partial charge in [0.05, 0.1) is 9.48 Å². The highest BCUT2D eigenvalue weighted by Crippen LogP contribution is 2.32. The van der Waals surface area contributed by atoms with Crippen molar-refractivity contribution in [2.75, 3.05) is 11.8 Å². The molecule has 0 saturated heterocycles. The highest BCUT2D eigenvalue weighted by atomic mass is 79.9. The molecule has 0 aliphatic carbocycles. The second-order valence-electron chi connectivity index (χ2n) is 4.25. The van der Waals surface area contributed by atoms with Crippen LogP contribution in [0.5, 0.6) is 0 Å². The van der Waals surface area contributed by atoms with Gasteiger partial charge in [0.2, 0.25) is 0 Å². The second kappa shape index (κ2) is 6.74. The maximum absolute atomic E-state index is 12.4. The van der Waals surface area contributed by atoms with E-state index in [1.807, 2.05) is 7.05 Å². The smallest absolute Gasteiger partial charge is 0.265 e. The van der Waals surface area contributed by atoms with Crippen LogP contribution >= 0.6 is 43.2 Å². The van der Waals surface area contributed by atoms with Crippen molar-refractivity contribution in [1.29, 1.82) is 0 Å². The van der Waals surface area contributed by atoms with Crippen LogP contribution < -0.4 is 10.0 Å². The highest BCUT2D eigenvalue weighted by Gasteiger charge is 2.21. The van der Waals surface area contributed by atoms with Crippen LogP contribution in [0.1, 0.15) is 10.6 Å². The molecule has 2 aromatic heterocycles. The molecule has 2 aromatic rings. The third-order valence-electron chi connectivity index (χ3n) is 2.61. The van der Waals surface area contributed by atoms with Crippen LogP contribution in [0.4, 0.5) is 5.82 Å². The lowest BCUT2D eigenvalue weighted by atomic mass is 10.4. The lowest BCUT2D eigenvalue weighted by Crippen LogP contribution is -2.14. The normalized spacial score (nSPS) is 11.6. The fourth-order valence-corrected chi connectivity index (χ4v) is 5.55. The largest absolute Gasteiger partial charge is 0.315 e. The number of pyridine rings is 1. The molecule has 9 heteroatoms. The fraction of sp³-hybridized carbons (Fsp3) is 0.250. The first-order valence-electron chi connectivity index (χ1n) is 5.92. The highest BCUT2D eigenvalue weighted by molar-refractivity contribution is 9.11. The van der Waals surface area contributed by atoms with Crippen molar-refractivity contribution in [3.8, 4) is 0 Å². The molecular formula is C12H13Br2N3O2S2. The van der Waals surface area contributed by atoms with E-state index in [-0.39, 0.29) is 4.90 Å². The zero-order valence-corrected chi connectivity index (χ0v) is 16.1. The number of sulfonamides is 1. The standard InChI is InChI=1S/C12H13Br2N3O2S2/c1-7-9(13)3-4-11(16-7)17-21(18,19)10-5-8(6-15-2)20-12(10)14/h3-5,15H,6H2,1-2H3,(H,16,17).